The summed E-state index contributed by atoms with van der Waals surface area (Å²) in [5, 5.41) is 9.19. The number of benzene rings is 2. The zero-order valence-electron chi connectivity index (χ0n) is 20.2. The van der Waals surface area contributed by atoms with Crippen LogP contribution in [0.4, 0.5) is 29.1 Å². The highest BCUT2D eigenvalue weighted by molar-refractivity contribution is 6.04. The smallest absolute Gasteiger partial charge is 0.257 e. The monoisotopic (exact) mass is 491 g/mol. The van der Waals surface area contributed by atoms with Gasteiger partial charge in [0.1, 0.15) is 11.6 Å². The highest BCUT2D eigenvalue weighted by Gasteiger charge is 2.10. The summed E-state index contributed by atoms with van der Waals surface area (Å²) in [6, 6.07) is 20.7. The summed E-state index contributed by atoms with van der Waals surface area (Å²) in [5.41, 5.74) is 3.18. The minimum atomic E-state index is -0.235. The van der Waals surface area contributed by atoms with E-state index in [9.17, 15) is 4.79 Å². The summed E-state index contributed by atoms with van der Waals surface area (Å²) in [4.78, 5) is 34.3. The van der Waals surface area contributed by atoms with Crippen LogP contribution in [0.15, 0.2) is 91.6 Å². The van der Waals surface area contributed by atoms with Crippen LogP contribution in [0.25, 0.3) is 0 Å². The van der Waals surface area contributed by atoms with Crippen molar-refractivity contribution in [2.45, 2.75) is 19.9 Å². The van der Waals surface area contributed by atoms with Crippen LogP contribution in [0, 0.1) is 0 Å². The van der Waals surface area contributed by atoms with E-state index in [0.29, 0.717) is 35.5 Å². The highest BCUT2D eigenvalue weighted by Crippen LogP contribution is 2.18. The number of aryl methyl sites for hydroxylation is 1. The Morgan fingerprint density at radius 2 is 1.65 bits per heavy atom. The van der Waals surface area contributed by atoms with E-state index in [1.54, 1.807) is 24.7 Å². The number of pyridine rings is 1. The van der Waals surface area contributed by atoms with Crippen LogP contribution < -0.4 is 16.0 Å². The number of anilines is 5. The Bertz CT molecular complexity index is 1450. The standard InChI is InChI=1S/C27H25N9O/c1-2-23-32-26(31-22-11-8-19(9-12-22)17-36-15-14-28-18-36)35-27(33-23)34-24-13-10-20(16-29-24)25(37)30-21-6-4-3-5-7-21/h3-16,18H,2,17H2,1H3,(H,30,37)(H2,29,31,32,33,34,35). The number of carbonyl (C=O) groups is 1. The molecular formula is C27H25N9O. The molecule has 0 bridgehead atoms. The molecule has 0 aliphatic carbocycles. The van der Waals surface area contributed by atoms with Crippen LogP contribution in [0.3, 0.4) is 0 Å². The molecule has 37 heavy (non-hydrogen) atoms. The van der Waals surface area contributed by atoms with E-state index in [4.69, 9.17) is 0 Å². The first-order valence-electron chi connectivity index (χ1n) is 11.8. The number of hydrogen-bond donors (Lipinski definition) is 3. The van der Waals surface area contributed by atoms with Gasteiger partial charge in [-0.1, -0.05) is 37.3 Å². The summed E-state index contributed by atoms with van der Waals surface area (Å²) in [7, 11) is 0. The summed E-state index contributed by atoms with van der Waals surface area (Å²) in [5.74, 6) is 1.70. The number of carbonyl (C=O) groups excluding carboxylic acids is 1. The molecule has 0 aliphatic rings. The Hall–Kier alpha value is -5.12. The van der Waals surface area contributed by atoms with Crippen molar-refractivity contribution in [2.75, 3.05) is 16.0 Å². The molecule has 10 heteroatoms. The Morgan fingerprint density at radius 1 is 0.865 bits per heavy atom. The van der Waals surface area contributed by atoms with Crippen molar-refractivity contribution < 1.29 is 4.79 Å². The van der Waals surface area contributed by atoms with E-state index < -0.39 is 0 Å². The third kappa shape index (κ3) is 6.31. The van der Waals surface area contributed by atoms with Gasteiger partial charge in [-0.05, 0) is 42.0 Å². The molecule has 184 valence electrons. The number of para-hydroxylation sites is 1. The fraction of sp³-hybridized carbons (Fsp3) is 0.111. The zero-order chi connectivity index (χ0) is 25.5. The molecule has 0 atom stereocenters. The van der Waals surface area contributed by atoms with E-state index in [1.807, 2.05) is 72.3 Å². The van der Waals surface area contributed by atoms with Gasteiger partial charge in [0.25, 0.3) is 5.91 Å². The second kappa shape index (κ2) is 11.1. The molecule has 3 heterocycles. The molecular weight excluding hydrogens is 466 g/mol. The van der Waals surface area contributed by atoms with Crippen LogP contribution in [-0.4, -0.2) is 35.4 Å². The summed E-state index contributed by atoms with van der Waals surface area (Å²) >= 11 is 0. The van der Waals surface area contributed by atoms with Gasteiger partial charge in [-0.2, -0.15) is 15.0 Å². The minimum absolute atomic E-state index is 0.235. The van der Waals surface area contributed by atoms with Crippen molar-refractivity contribution in [2.24, 2.45) is 0 Å². The lowest BCUT2D eigenvalue weighted by Crippen LogP contribution is -2.12. The van der Waals surface area contributed by atoms with E-state index in [2.05, 4.69) is 40.9 Å². The summed E-state index contributed by atoms with van der Waals surface area (Å²) < 4.78 is 2.01. The number of nitrogens with zero attached hydrogens (tertiary/aromatic N) is 6. The molecule has 0 saturated carbocycles. The average molecular weight is 492 g/mol. The van der Waals surface area contributed by atoms with Crippen LogP contribution in [0.1, 0.15) is 28.7 Å². The quantitative estimate of drug-likeness (QED) is 0.268. The summed E-state index contributed by atoms with van der Waals surface area (Å²) in [6.45, 7) is 2.73. The maximum absolute atomic E-state index is 12.5. The highest BCUT2D eigenvalue weighted by atomic mass is 16.1. The van der Waals surface area contributed by atoms with E-state index in [-0.39, 0.29) is 5.91 Å². The molecule has 2 aromatic carbocycles. The third-order valence-corrected chi connectivity index (χ3v) is 5.43. The van der Waals surface area contributed by atoms with Gasteiger partial charge in [0, 0.05) is 42.9 Å². The number of nitrogens with one attached hydrogen (secondary N) is 3. The van der Waals surface area contributed by atoms with Crippen molar-refractivity contribution >= 4 is 35.0 Å². The van der Waals surface area contributed by atoms with E-state index in [0.717, 1.165) is 23.5 Å². The second-order valence-corrected chi connectivity index (χ2v) is 8.19. The fourth-order valence-corrected chi connectivity index (χ4v) is 3.54. The van der Waals surface area contributed by atoms with Crippen LogP contribution in [-0.2, 0) is 13.0 Å². The maximum Gasteiger partial charge on any atom is 0.257 e. The summed E-state index contributed by atoms with van der Waals surface area (Å²) in [6.07, 6.45) is 7.63. The molecule has 0 unspecified atom stereocenters. The van der Waals surface area contributed by atoms with Crippen LogP contribution in [0.5, 0.6) is 0 Å². The zero-order valence-corrected chi connectivity index (χ0v) is 20.2. The van der Waals surface area contributed by atoms with Crippen LogP contribution in [0.2, 0.25) is 0 Å². The largest absolute Gasteiger partial charge is 0.333 e. The maximum atomic E-state index is 12.5. The van der Waals surface area contributed by atoms with E-state index >= 15 is 0 Å². The second-order valence-electron chi connectivity index (χ2n) is 8.19. The van der Waals surface area contributed by atoms with E-state index in [1.165, 1.54) is 6.20 Å². The van der Waals surface area contributed by atoms with Gasteiger partial charge in [0.2, 0.25) is 11.9 Å². The molecule has 0 aliphatic heterocycles. The van der Waals surface area contributed by atoms with Gasteiger partial charge in [0.05, 0.1) is 11.9 Å². The lowest BCUT2D eigenvalue weighted by molar-refractivity contribution is 0.102. The predicted molar refractivity (Wildman–Crippen MR) is 142 cm³/mol. The first kappa shape index (κ1) is 23.6. The van der Waals surface area contributed by atoms with Crippen molar-refractivity contribution in [1.29, 1.82) is 0 Å². The van der Waals surface area contributed by atoms with Gasteiger partial charge < -0.3 is 20.5 Å². The Balaban J connectivity index is 1.25. The third-order valence-electron chi connectivity index (χ3n) is 5.43. The number of hydrogen-bond acceptors (Lipinski definition) is 8. The van der Waals surface area contributed by atoms with Crippen molar-refractivity contribution in [3.8, 4) is 0 Å². The topological polar surface area (TPSA) is 123 Å². The lowest BCUT2D eigenvalue weighted by atomic mass is 10.2. The molecule has 0 radical (unpaired) electrons. The molecule has 5 rings (SSSR count). The Morgan fingerprint density at radius 3 is 2.32 bits per heavy atom. The van der Waals surface area contributed by atoms with Gasteiger partial charge in [-0.25, -0.2) is 9.97 Å². The SMILES string of the molecule is CCc1nc(Nc2ccc(Cn3ccnc3)cc2)nc(Nc2ccc(C(=O)Nc3ccccc3)cn2)n1. The molecule has 5 aromatic rings. The molecule has 10 nitrogen and oxygen atoms in total. The van der Waals surface area contributed by atoms with Crippen molar-refractivity contribution in [3.63, 3.8) is 0 Å². The number of amides is 1. The molecule has 0 spiro atoms. The molecule has 0 saturated heterocycles. The Labute approximate surface area is 213 Å². The predicted octanol–water partition coefficient (Wildman–Crippen LogP) is 4.81. The van der Waals surface area contributed by atoms with Crippen molar-refractivity contribution in [1.82, 2.24) is 29.5 Å². The van der Waals surface area contributed by atoms with Crippen molar-refractivity contribution in [3.05, 3.63) is 109 Å². The molecule has 1 amide bonds. The first-order chi connectivity index (χ1) is 18.1. The van der Waals surface area contributed by atoms with Gasteiger partial charge >= 0.3 is 0 Å². The molecule has 3 aromatic heterocycles. The van der Waals surface area contributed by atoms with Gasteiger partial charge in [-0.15, -0.1) is 0 Å². The Kier molecular flexibility index (Phi) is 7.07. The van der Waals surface area contributed by atoms with Gasteiger partial charge in [0.15, 0.2) is 0 Å². The molecule has 0 fully saturated rings. The number of rotatable bonds is 9. The normalized spacial score (nSPS) is 10.6. The van der Waals surface area contributed by atoms with Gasteiger partial charge in [-0.3, -0.25) is 4.79 Å². The lowest BCUT2D eigenvalue weighted by Gasteiger charge is -2.10. The number of imidazole rings is 1. The fourth-order valence-electron chi connectivity index (χ4n) is 3.54. The van der Waals surface area contributed by atoms with Crippen LogP contribution >= 0.6 is 0 Å². The first-order valence-corrected chi connectivity index (χ1v) is 11.8. The molecule has 3 N–H and O–H groups in total. The average Bonchev–Trinajstić information content (AvgIpc) is 3.44. The minimum Gasteiger partial charge on any atom is -0.333 e. The number of aromatic nitrogens is 6.